The predicted octanol–water partition coefficient (Wildman–Crippen LogP) is 4.31. The molecule has 29 heavy (non-hydrogen) atoms. The normalized spacial score (nSPS) is 11.7. The minimum absolute atomic E-state index is 0.129. The zero-order valence-corrected chi connectivity index (χ0v) is 19.3. The molecule has 5 nitrogen and oxygen atoms in total. The van der Waals surface area contributed by atoms with Gasteiger partial charge in [0.05, 0.1) is 0 Å². The number of likely N-dealkylation sites (N-methyl/N-ethyl adjacent to an activating group) is 1. The van der Waals surface area contributed by atoms with E-state index in [1.807, 2.05) is 64.1 Å². The Morgan fingerprint density at radius 3 is 2.38 bits per heavy atom. The molecule has 0 aromatic heterocycles. The van der Waals surface area contributed by atoms with E-state index in [4.69, 9.17) is 4.74 Å². The third kappa shape index (κ3) is 6.32. The topological polar surface area (TPSA) is 58.6 Å². The lowest BCUT2D eigenvalue weighted by Crippen LogP contribution is -2.49. The van der Waals surface area contributed by atoms with Crippen molar-refractivity contribution < 1.29 is 14.3 Å². The van der Waals surface area contributed by atoms with Crippen LogP contribution >= 0.6 is 15.9 Å². The monoisotopic (exact) mass is 460 g/mol. The molecule has 2 rings (SSSR count). The summed E-state index contributed by atoms with van der Waals surface area (Å²) in [6.45, 7) is 10.3. The molecule has 0 aliphatic heterocycles. The molecular formula is C23H29BrN2O3. The summed E-state index contributed by atoms with van der Waals surface area (Å²) in [5.41, 5.74) is 4.17. The molecule has 156 valence electrons. The summed E-state index contributed by atoms with van der Waals surface area (Å²) in [7, 11) is 0. The van der Waals surface area contributed by atoms with E-state index in [2.05, 4.69) is 21.2 Å². The zero-order valence-electron chi connectivity index (χ0n) is 17.7. The number of benzene rings is 2. The number of amides is 2. The third-order valence-electron chi connectivity index (χ3n) is 4.73. The maximum Gasteiger partial charge on any atom is 0.261 e. The molecule has 6 heteroatoms. The number of halogens is 1. The second-order valence-corrected chi connectivity index (χ2v) is 8.03. The Kier molecular flexibility index (Phi) is 8.26. The summed E-state index contributed by atoms with van der Waals surface area (Å²) in [6.07, 6.45) is 0. The summed E-state index contributed by atoms with van der Waals surface area (Å²) in [4.78, 5) is 27.0. The smallest absolute Gasteiger partial charge is 0.261 e. The molecule has 0 aliphatic rings. The SMILES string of the molecule is CCNC(=O)C(C)N(Cc1cccc(C)c1)C(=O)COc1cc(C)c(Br)c(C)c1. The highest BCUT2D eigenvalue weighted by molar-refractivity contribution is 9.10. The van der Waals surface area contributed by atoms with Gasteiger partial charge in [0, 0.05) is 17.6 Å². The first-order chi connectivity index (χ1) is 13.7. The molecule has 0 radical (unpaired) electrons. The van der Waals surface area contributed by atoms with Crippen LogP contribution in [0.5, 0.6) is 5.75 Å². The van der Waals surface area contributed by atoms with Crippen molar-refractivity contribution in [3.8, 4) is 5.75 Å². The number of nitrogens with zero attached hydrogens (tertiary/aromatic N) is 1. The molecular weight excluding hydrogens is 432 g/mol. The highest BCUT2D eigenvalue weighted by Gasteiger charge is 2.26. The summed E-state index contributed by atoms with van der Waals surface area (Å²) in [6, 6.07) is 11.1. The van der Waals surface area contributed by atoms with Crippen molar-refractivity contribution in [2.45, 2.75) is 47.2 Å². The van der Waals surface area contributed by atoms with Crippen molar-refractivity contribution in [2.75, 3.05) is 13.2 Å². The Morgan fingerprint density at radius 1 is 1.14 bits per heavy atom. The van der Waals surface area contributed by atoms with E-state index in [9.17, 15) is 9.59 Å². The van der Waals surface area contributed by atoms with E-state index in [1.165, 1.54) is 0 Å². The van der Waals surface area contributed by atoms with Crippen molar-refractivity contribution >= 4 is 27.7 Å². The number of aryl methyl sites for hydroxylation is 3. The minimum atomic E-state index is -0.597. The first kappa shape index (κ1) is 22.9. The van der Waals surface area contributed by atoms with Gasteiger partial charge in [-0.3, -0.25) is 9.59 Å². The Bertz CT molecular complexity index is 859. The van der Waals surface area contributed by atoms with Gasteiger partial charge in [-0.1, -0.05) is 45.8 Å². The molecule has 0 saturated carbocycles. The quantitative estimate of drug-likeness (QED) is 0.638. The molecule has 0 saturated heterocycles. The molecule has 0 heterocycles. The zero-order chi connectivity index (χ0) is 21.6. The van der Waals surface area contributed by atoms with Crippen molar-refractivity contribution in [3.63, 3.8) is 0 Å². The number of rotatable bonds is 8. The van der Waals surface area contributed by atoms with Crippen LogP contribution in [0.2, 0.25) is 0 Å². The minimum Gasteiger partial charge on any atom is -0.484 e. The highest BCUT2D eigenvalue weighted by Crippen LogP contribution is 2.26. The lowest BCUT2D eigenvalue weighted by atomic mass is 10.1. The van der Waals surface area contributed by atoms with Gasteiger partial charge in [0.2, 0.25) is 5.91 Å². The van der Waals surface area contributed by atoms with Gasteiger partial charge in [0.15, 0.2) is 6.61 Å². The van der Waals surface area contributed by atoms with Gasteiger partial charge >= 0.3 is 0 Å². The second kappa shape index (κ2) is 10.4. The average Bonchev–Trinajstić information content (AvgIpc) is 2.68. The lowest BCUT2D eigenvalue weighted by molar-refractivity contribution is -0.142. The van der Waals surface area contributed by atoms with Crippen LogP contribution < -0.4 is 10.1 Å². The van der Waals surface area contributed by atoms with E-state index < -0.39 is 6.04 Å². The number of hydrogen-bond donors (Lipinski definition) is 1. The number of carbonyl (C=O) groups is 2. The molecule has 0 bridgehead atoms. The molecule has 2 amide bonds. The summed E-state index contributed by atoms with van der Waals surface area (Å²) >= 11 is 3.53. The molecule has 0 fully saturated rings. The Balaban J connectivity index is 2.18. The molecule has 1 N–H and O–H groups in total. The van der Waals surface area contributed by atoms with Gasteiger partial charge in [0.25, 0.3) is 5.91 Å². The summed E-state index contributed by atoms with van der Waals surface area (Å²) in [5, 5.41) is 2.79. The summed E-state index contributed by atoms with van der Waals surface area (Å²) in [5.74, 6) is 0.227. The van der Waals surface area contributed by atoms with Gasteiger partial charge in [-0.15, -0.1) is 0 Å². The van der Waals surface area contributed by atoms with Crippen LogP contribution in [0.1, 0.15) is 36.1 Å². The Labute approximate surface area is 181 Å². The first-order valence-corrected chi connectivity index (χ1v) is 10.5. The average molecular weight is 461 g/mol. The number of ether oxygens (including phenoxy) is 1. The maximum absolute atomic E-state index is 13.0. The van der Waals surface area contributed by atoms with E-state index in [0.29, 0.717) is 18.8 Å². The van der Waals surface area contributed by atoms with Crippen molar-refractivity contribution in [3.05, 3.63) is 63.1 Å². The van der Waals surface area contributed by atoms with Crippen LogP contribution in [0, 0.1) is 20.8 Å². The van der Waals surface area contributed by atoms with Gasteiger partial charge in [-0.2, -0.15) is 0 Å². The molecule has 2 aromatic carbocycles. The Hall–Kier alpha value is -2.34. The standard InChI is InChI=1S/C23H29BrN2O3/c1-6-25-23(28)18(5)26(13-19-9-7-8-15(2)10-19)21(27)14-29-20-11-16(3)22(24)17(4)12-20/h7-12,18H,6,13-14H2,1-5H3,(H,25,28). The summed E-state index contributed by atoms with van der Waals surface area (Å²) < 4.78 is 6.80. The highest BCUT2D eigenvalue weighted by atomic mass is 79.9. The number of carbonyl (C=O) groups excluding carboxylic acids is 2. The van der Waals surface area contributed by atoms with E-state index >= 15 is 0 Å². The molecule has 0 aliphatic carbocycles. The van der Waals surface area contributed by atoms with Crippen LogP contribution in [0.4, 0.5) is 0 Å². The van der Waals surface area contributed by atoms with Crippen molar-refractivity contribution in [1.29, 1.82) is 0 Å². The van der Waals surface area contributed by atoms with Crippen LogP contribution in [-0.4, -0.2) is 35.9 Å². The van der Waals surface area contributed by atoms with E-state index in [-0.39, 0.29) is 18.4 Å². The largest absolute Gasteiger partial charge is 0.484 e. The van der Waals surface area contributed by atoms with Crippen LogP contribution in [0.3, 0.4) is 0 Å². The van der Waals surface area contributed by atoms with Gasteiger partial charge in [-0.05, 0) is 63.4 Å². The fraction of sp³-hybridized carbons (Fsp3) is 0.391. The number of hydrogen-bond acceptors (Lipinski definition) is 3. The van der Waals surface area contributed by atoms with Gasteiger partial charge in [-0.25, -0.2) is 0 Å². The first-order valence-electron chi connectivity index (χ1n) is 9.75. The second-order valence-electron chi connectivity index (χ2n) is 7.24. The van der Waals surface area contributed by atoms with Crippen molar-refractivity contribution in [2.24, 2.45) is 0 Å². The fourth-order valence-electron chi connectivity index (χ4n) is 3.13. The molecule has 2 aromatic rings. The van der Waals surface area contributed by atoms with Gasteiger partial charge in [0.1, 0.15) is 11.8 Å². The van der Waals surface area contributed by atoms with Crippen LogP contribution in [-0.2, 0) is 16.1 Å². The van der Waals surface area contributed by atoms with E-state index in [1.54, 1.807) is 11.8 Å². The molecule has 1 unspecified atom stereocenters. The predicted molar refractivity (Wildman–Crippen MR) is 119 cm³/mol. The fourth-order valence-corrected chi connectivity index (χ4v) is 3.36. The number of nitrogens with one attached hydrogen (secondary N) is 1. The molecule has 0 spiro atoms. The molecule has 1 atom stereocenters. The van der Waals surface area contributed by atoms with Crippen LogP contribution in [0.25, 0.3) is 0 Å². The Morgan fingerprint density at radius 2 is 1.79 bits per heavy atom. The van der Waals surface area contributed by atoms with Crippen molar-refractivity contribution in [1.82, 2.24) is 10.2 Å². The maximum atomic E-state index is 13.0. The lowest BCUT2D eigenvalue weighted by Gasteiger charge is -2.28. The third-order valence-corrected chi connectivity index (χ3v) is 5.98. The van der Waals surface area contributed by atoms with E-state index in [0.717, 1.165) is 26.7 Å². The van der Waals surface area contributed by atoms with Crippen LogP contribution in [0.15, 0.2) is 40.9 Å². The van der Waals surface area contributed by atoms with Gasteiger partial charge < -0.3 is 15.0 Å².